The number of aryl methyl sites for hydroxylation is 2. The number of amides is 1. The van der Waals surface area contributed by atoms with Crippen LogP contribution in [0.15, 0.2) is 36.8 Å². The number of likely N-dealkylation sites (N-methyl/N-ethyl adjacent to an activating group) is 1. The van der Waals surface area contributed by atoms with Gasteiger partial charge < -0.3 is 14.7 Å². The molecule has 1 aliphatic rings. The molecule has 1 aliphatic carbocycles. The van der Waals surface area contributed by atoms with Gasteiger partial charge in [-0.25, -0.2) is 0 Å². The minimum Gasteiger partial charge on any atom is -0.486 e. The number of hydrogen-bond acceptors (Lipinski definition) is 5. The molecule has 2 aromatic heterocycles. The van der Waals surface area contributed by atoms with Crippen LogP contribution in [0, 0.1) is 6.92 Å². The Kier molecular flexibility index (Phi) is 5.33. The predicted molar refractivity (Wildman–Crippen MR) is 92.0 cm³/mol. The third kappa shape index (κ3) is 3.99. The van der Waals surface area contributed by atoms with Crippen LogP contribution < -0.4 is 4.74 Å². The number of carbonyl (C=O) groups is 1. The normalized spacial score (nSPS) is 22.8. The smallest absolute Gasteiger partial charge is 0.224 e. The van der Waals surface area contributed by atoms with Gasteiger partial charge in [-0.1, -0.05) is 0 Å². The lowest BCUT2D eigenvalue weighted by Gasteiger charge is -2.29. The summed E-state index contributed by atoms with van der Waals surface area (Å²) in [4.78, 5) is 18.1. The highest BCUT2D eigenvalue weighted by Gasteiger charge is 2.40. The lowest BCUT2D eigenvalue weighted by Crippen LogP contribution is -2.45. The average molecular weight is 344 g/mol. The summed E-state index contributed by atoms with van der Waals surface area (Å²) in [7, 11) is 1.75. The van der Waals surface area contributed by atoms with E-state index in [1.165, 1.54) is 0 Å². The number of aliphatic hydroxyl groups excluding tert-OH is 1. The molecule has 1 N–H and O–H groups in total. The zero-order valence-electron chi connectivity index (χ0n) is 14.6. The van der Waals surface area contributed by atoms with E-state index in [0.717, 1.165) is 12.1 Å². The van der Waals surface area contributed by atoms with Crippen molar-refractivity contribution in [2.45, 2.75) is 51.0 Å². The molecule has 0 radical (unpaired) electrons. The van der Waals surface area contributed by atoms with Crippen LogP contribution in [0.3, 0.4) is 0 Å². The Morgan fingerprint density at radius 1 is 1.40 bits per heavy atom. The van der Waals surface area contributed by atoms with E-state index in [4.69, 9.17) is 4.74 Å². The number of aromatic nitrogens is 3. The van der Waals surface area contributed by atoms with Crippen LogP contribution in [0.4, 0.5) is 0 Å². The maximum atomic E-state index is 12.5. The monoisotopic (exact) mass is 344 g/mol. The number of pyridine rings is 1. The SMILES string of the molecule is Cc1ccnn1CCC(=O)N(C)[C@@H]1CC[C@@H](Oc2cccnc2)[C@@H]1O. The van der Waals surface area contributed by atoms with Gasteiger partial charge >= 0.3 is 0 Å². The van der Waals surface area contributed by atoms with Gasteiger partial charge in [-0.3, -0.25) is 14.5 Å². The van der Waals surface area contributed by atoms with Crippen molar-refractivity contribution in [2.24, 2.45) is 0 Å². The van der Waals surface area contributed by atoms with Gasteiger partial charge in [0.15, 0.2) is 0 Å². The second kappa shape index (κ2) is 7.65. The molecule has 134 valence electrons. The zero-order valence-corrected chi connectivity index (χ0v) is 14.6. The van der Waals surface area contributed by atoms with Crippen molar-refractivity contribution in [1.29, 1.82) is 0 Å². The minimum absolute atomic E-state index is 0.000905. The van der Waals surface area contributed by atoms with E-state index in [-0.39, 0.29) is 18.1 Å². The van der Waals surface area contributed by atoms with Gasteiger partial charge in [0.2, 0.25) is 5.91 Å². The molecule has 2 heterocycles. The summed E-state index contributed by atoms with van der Waals surface area (Å²) in [6.45, 7) is 2.50. The summed E-state index contributed by atoms with van der Waals surface area (Å²) in [5.41, 5.74) is 1.03. The van der Waals surface area contributed by atoms with Crippen molar-refractivity contribution < 1.29 is 14.6 Å². The molecule has 0 aliphatic heterocycles. The molecule has 2 aromatic rings. The molecule has 3 atom stereocenters. The molecule has 7 heteroatoms. The van der Waals surface area contributed by atoms with Crippen LogP contribution in [0.25, 0.3) is 0 Å². The molecule has 3 rings (SSSR count). The molecule has 25 heavy (non-hydrogen) atoms. The average Bonchev–Trinajstić information content (AvgIpc) is 3.19. The molecule has 1 fully saturated rings. The molecule has 0 aromatic carbocycles. The van der Waals surface area contributed by atoms with Crippen LogP contribution in [0.5, 0.6) is 5.75 Å². The zero-order chi connectivity index (χ0) is 17.8. The maximum Gasteiger partial charge on any atom is 0.224 e. The lowest BCUT2D eigenvalue weighted by atomic mass is 10.1. The topological polar surface area (TPSA) is 80.5 Å². The van der Waals surface area contributed by atoms with Crippen molar-refractivity contribution in [1.82, 2.24) is 19.7 Å². The number of rotatable bonds is 6. The molecular formula is C18H24N4O3. The van der Waals surface area contributed by atoms with E-state index >= 15 is 0 Å². The number of hydrogen-bond donors (Lipinski definition) is 1. The van der Waals surface area contributed by atoms with Gasteiger partial charge in [0.1, 0.15) is 18.0 Å². The largest absolute Gasteiger partial charge is 0.486 e. The first-order chi connectivity index (χ1) is 12.1. The van der Waals surface area contributed by atoms with E-state index in [1.807, 2.05) is 23.7 Å². The quantitative estimate of drug-likeness (QED) is 0.857. The Balaban J connectivity index is 1.54. The summed E-state index contributed by atoms with van der Waals surface area (Å²) in [6.07, 6.45) is 5.78. The van der Waals surface area contributed by atoms with Crippen LogP contribution in [0.2, 0.25) is 0 Å². The molecule has 0 bridgehead atoms. The molecule has 0 spiro atoms. The van der Waals surface area contributed by atoms with Gasteiger partial charge in [0.05, 0.1) is 12.2 Å². The molecular weight excluding hydrogens is 320 g/mol. The van der Waals surface area contributed by atoms with E-state index in [0.29, 0.717) is 25.1 Å². The summed E-state index contributed by atoms with van der Waals surface area (Å²) in [6, 6.07) is 5.29. The Labute approximate surface area is 147 Å². The van der Waals surface area contributed by atoms with E-state index in [2.05, 4.69) is 10.1 Å². The lowest BCUT2D eigenvalue weighted by molar-refractivity contribution is -0.134. The highest BCUT2D eigenvalue weighted by molar-refractivity contribution is 5.76. The first-order valence-electron chi connectivity index (χ1n) is 8.55. The fourth-order valence-electron chi connectivity index (χ4n) is 3.26. The van der Waals surface area contributed by atoms with Gasteiger partial charge in [-0.15, -0.1) is 0 Å². The second-order valence-electron chi connectivity index (χ2n) is 6.43. The minimum atomic E-state index is -0.708. The van der Waals surface area contributed by atoms with Crippen LogP contribution in [0.1, 0.15) is 25.0 Å². The summed E-state index contributed by atoms with van der Waals surface area (Å²) < 4.78 is 7.63. The van der Waals surface area contributed by atoms with E-state index in [9.17, 15) is 9.90 Å². The van der Waals surface area contributed by atoms with Crippen molar-refractivity contribution in [3.63, 3.8) is 0 Å². The van der Waals surface area contributed by atoms with Gasteiger partial charge in [-0.2, -0.15) is 5.10 Å². The molecule has 7 nitrogen and oxygen atoms in total. The number of aliphatic hydroxyl groups is 1. The van der Waals surface area contributed by atoms with Crippen LogP contribution >= 0.6 is 0 Å². The first kappa shape index (κ1) is 17.4. The number of ether oxygens (including phenoxy) is 1. The number of carbonyl (C=O) groups excluding carboxylic acids is 1. The fraction of sp³-hybridized carbons (Fsp3) is 0.500. The third-order valence-electron chi connectivity index (χ3n) is 4.80. The third-order valence-corrected chi connectivity index (χ3v) is 4.80. The second-order valence-corrected chi connectivity index (χ2v) is 6.43. The predicted octanol–water partition coefficient (Wildman–Crippen LogP) is 1.41. The van der Waals surface area contributed by atoms with Crippen molar-refractivity contribution in [2.75, 3.05) is 7.05 Å². The Hall–Kier alpha value is -2.41. The van der Waals surface area contributed by atoms with E-state index < -0.39 is 6.10 Å². The van der Waals surface area contributed by atoms with Crippen molar-refractivity contribution >= 4 is 5.91 Å². The molecule has 1 saturated carbocycles. The van der Waals surface area contributed by atoms with Crippen LogP contribution in [-0.2, 0) is 11.3 Å². The molecule has 0 saturated heterocycles. The van der Waals surface area contributed by atoms with Crippen molar-refractivity contribution in [3.8, 4) is 5.75 Å². The standard InChI is InChI=1S/C18H24N4O3/c1-13-7-10-20-22(13)11-8-17(23)21(2)15-5-6-16(18(15)24)25-14-4-3-9-19-12-14/h3-4,7,9-10,12,15-16,18,24H,5-6,8,11H2,1-2H3/t15-,16-,18-/m1/s1. The molecule has 0 unspecified atom stereocenters. The van der Waals surface area contributed by atoms with Gasteiger partial charge in [-0.05, 0) is 38.0 Å². The van der Waals surface area contributed by atoms with E-state index in [1.54, 1.807) is 36.6 Å². The van der Waals surface area contributed by atoms with Gasteiger partial charge in [0, 0.05) is 38.1 Å². The Bertz CT molecular complexity index is 703. The summed E-state index contributed by atoms with van der Waals surface area (Å²) in [5, 5.41) is 14.8. The molecule has 1 amide bonds. The van der Waals surface area contributed by atoms with Crippen molar-refractivity contribution in [3.05, 3.63) is 42.5 Å². The summed E-state index contributed by atoms with van der Waals surface area (Å²) in [5.74, 6) is 0.635. The highest BCUT2D eigenvalue weighted by atomic mass is 16.5. The Morgan fingerprint density at radius 3 is 2.92 bits per heavy atom. The summed E-state index contributed by atoms with van der Waals surface area (Å²) >= 11 is 0. The van der Waals surface area contributed by atoms with Gasteiger partial charge in [0.25, 0.3) is 0 Å². The fourth-order valence-corrected chi connectivity index (χ4v) is 3.26. The first-order valence-corrected chi connectivity index (χ1v) is 8.55. The van der Waals surface area contributed by atoms with Crippen LogP contribution in [-0.4, -0.2) is 56.0 Å². The number of nitrogens with zero attached hydrogens (tertiary/aromatic N) is 4. The maximum absolute atomic E-state index is 12.5. The Morgan fingerprint density at radius 2 is 2.24 bits per heavy atom. The highest BCUT2D eigenvalue weighted by Crippen LogP contribution is 2.28.